The number of benzene rings is 2. The summed E-state index contributed by atoms with van der Waals surface area (Å²) in [5, 5.41) is 7.06. The molecule has 1 amide bonds. The fraction of sp³-hybridized carbons (Fsp3) is 0.382. The molecule has 0 fully saturated rings. The molecule has 0 bridgehead atoms. The zero-order valence-electron chi connectivity index (χ0n) is 26.6. The summed E-state index contributed by atoms with van der Waals surface area (Å²) in [7, 11) is 0. The molecule has 46 heavy (non-hydrogen) atoms. The number of carbonyl (C=O) groups excluding carboxylic acids is 3. The van der Waals surface area contributed by atoms with Gasteiger partial charge in [0.2, 0.25) is 0 Å². The molecule has 242 valence electrons. The lowest BCUT2D eigenvalue weighted by atomic mass is 9.91. The SMILES string of the molecule is CCOC(=O)C(OC(C)(C)C)c1c(C)nc2cc(C(=O)NCC(=O)c3cccc(F)c3)nn2c1-c1cc(F)c2c(c1C)CCCO2. The van der Waals surface area contributed by atoms with E-state index in [0.717, 1.165) is 6.07 Å². The molecular weight excluding hydrogens is 598 g/mol. The first-order chi connectivity index (χ1) is 21.8. The molecule has 2 aromatic heterocycles. The first-order valence-electron chi connectivity index (χ1n) is 15.1. The number of nitrogens with one attached hydrogen (secondary N) is 1. The van der Waals surface area contributed by atoms with E-state index >= 15 is 4.39 Å². The van der Waals surface area contributed by atoms with Gasteiger partial charge in [0.05, 0.1) is 31.1 Å². The van der Waals surface area contributed by atoms with Gasteiger partial charge >= 0.3 is 5.97 Å². The van der Waals surface area contributed by atoms with Gasteiger partial charge in [0, 0.05) is 34.0 Å². The quantitative estimate of drug-likeness (QED) is 0.185. The predicted molar refractivity (Wildman–Crippen MR) is 165 cm³/mol. The summed E-state index contributed by atoms with van der Waals surface area (Å²) in [5.74, 6) is -2.80. The smallest absolute Gasteiger partial charge is 0.340 e. The van der Waals surface area contributed by atoms with Crippen molar-refractivity contribution in [2.24, 2.45) is 0 Å². The van der Waals surface area contributed by atoms with Crippen LogP contribution in [-0.4, -0.2) is 57.6 Å². The fourth-order valence-electron chi connectivity index (χ4n) is 5.53. The molecule has 3 heterocycles. The molecule has 4 aromatic rings. The Morgan fingerprint density at radius 1 is 1.13 bits per heavy atom. The highest BCUT2D eigenvalue weighted by Gasteiger charge is 2.36. The topological polar surface area (TPSA) is 121 Å². The highest BCUT2D eigenvalue weighted by Crippen LogP contribution is 2.41. The van der Waals surface area contributed by atoms with E-state index in [9.17, 15) is 18.8 Å². The third kappa shape index (κ3) is 6.62. The van der Waals surface area contributed by atoms with Crippen molar-refractivity contribution < 1.29 is 37.4 Å². The molecule has 0 saturated carbocycles. The number of rotatable bonds is 9. The van der Waals surface area contributed by atoms with Gasteiger partial charge in [-0.3, -0.25) is 9.59 Å². The Morgan fingerprint density at radius 3 is 2.59 bits per heavy atom. The maximum atomic E-state index is 15.6. The van der Waals surface area contributed by atoms with Crippen molar-refractivity contribution in [3.63, 3.8) is 0 Å². The molecule has 1 aliphatic rings. The van der Waals surface area contributed by atoms with Gasteiger partial charge in [0.15, 0.2) is 34.8 Å². The van der Waals surface area contributed by atoms with Gasteiger partial charge in [-0.25, -0.2) is 23.1 Å². The van der Waals surface area contributed by atoms with Gasteiger partial charge in [-0.15, -0.1) is 0 Å². The van der Waals surface area contributed by atoms with Crippen molar-refractivity contribution in [2.75, 3.05) is 19.8 Å². The first-order valence-corrected chi connectivity index (χ1v) is 15.1. The Labute approximate surface area is 265 Å². The molecule has 0 aliphatic carbocycles. The van der Waals surface area contributed by atoms with Gasteiger partial charge in [-0.2, -0.15) is 5.10 Å². The Balaban J connectivity index is 1.67. The highest BCUT2D eigenvalue weighted by atomic mass is 19.1. The summed E-state index contributed by atoms with van der Waals surface area (Å²) in [6.45, 7) is 10.7. The van der Waals surface area contributed by atoms with Crippen molar-refractivity contribution in [1.82, 2.24) is 19.9 Å². The number of aryl methyl sites for hydroxylation is 1. The molecule has 1 aliphatic heterocycles. The number of fused-ring (bicyclic) bond motifs is 2. The third-order valence-electron chi connectivity index (χ3n) is 7.54. The lowest BCUT2D eigenvalue weighted by Gasteiger charge is -2.29. The van der Waals surface area contributed by atoms with Crippen LogP contribution in [0, 0.1) is 25.5 Å². The molecule has 12 heteroatoms. The Kier molecular flexibility index (Phi) is 9.20. The second-order valence-corrected chi connectivity index (χ2v) is 12.0. The number of halogens is 2. The number of hydrogen-bond acceptors (Lipinski definition) is 8. The maximum Gasteiger partial charge on any atom is 0.340 e. The van der Waals surface area contributed by atoms with E-state index in [1.54, 1.807) is 34.6 Å². The van der Waals surface area contributed by atoms with Crippen LogP contribution in [0.3, 0.4) is 0 Å². The number of Topliss-reactive ketones (excluding diaryl/α,β-unsaturated/α-hetero) is 1. The molecule has 0 spiro atoms. The standard InChI is InChI=1S/C34H36F2N4O6/c1-7-44-33(43)31(46-34(4,5)6)28-19(3)38-27-16-25(32(42)37-17-26(41)20-10-8-11-21(35)14-20)39-40(27)29(28)23-15-24(36)30-22(18(23)2)12-9-13-45-30/h8,10-11,14-16,31H,7,9,12-13,17H2,1-6H3,(H,37,42). The minimum absolute atomic E-state index is 0.0822. The van der Waals surface area contributed by atoms with E-state index in [0.29, 0.717) is 53.1 Å². The summed E-state index contributed by atoms with van der Waals surface area (Å²) < 4.78 is 48.0. The number of ether oxygens (including phenoxy) is 3. The van der Waals surface area contributed by atoms with E-state index in [4.69, 9.17) is 14.2 Å². The highest BCUT2D eigenvalue weighted by molar-refractivity contribution is 6.02. The van der Waals surface area contributed by atoms with Crippen LogP contribution in [0.25, 0.3) is 16.9 Å². The Hall–Kier alpha value is -4.71. The number of carbonyl (C=O) groups is 3. The molecular formula is C34H36F2N4O6. The largest absolute Gasteiger partial charge is 0.490 e. The first kappa shape index (κ1) is 32.7. The van der Waals surface area contributed by atoms with Crippen LogP contribution in [0.1, 0.15) is 83.5 Å². The lowest BCUT2D eigenvalue weighted by molar-refractivity contribution is -0.166. The summed E-state index contributed by atoms with van der Waals surface area (Å²) in [6.07, 6.45) is 0.0141. The van der Waals surface area contributed by atoms with Crippen molar-refractivity contribution >= 4 is 23.3 Å². The van der Waals surface area contributed by atoms with E-state index in [1.807, 2.05) is 6.92 Å². The summed E-state index contributed by atoms with van der Waals surface area (Å²) in [4.78, 5) is 44.0. The van der Waals surface area contributed by atoms with Crippen LogP contribution in [0.5, 0.6) is 5.75 Å². The molecule has 1 N–H and O–H groups in total. The third-order valence-corrected chi connectivity index (χ3v) is 7.54. The van der Waals surface area contributed by atoms with E-state index < -0.39 is 47.5 Å². The van der Waals surface area contributed by atoms with Gasteiger partial charge in [-0.1, -0.05) is 12.1 Å². The maximum absolute atomic E-state index is 15.6. The summed E-state index contributed by atoms with van der Waals surface area (Å²) in [6, 6.07) is 7.92. The molecule has 1 unspecified atom stereocenters. The number of aromatic nitrogens is 3. The van der Waals surface area contributed by atoms with Crippen LogP contribution in [0.2, 0.25) is 0 Å². The molecule has 5 rings (SSSR count). The van der Waals surface area contributed by atoms with E-state index in [-0.39, 0.29) is 29.3 Å². The number of nitrogens with zero attached hydrogens (tertiary/aromatic N) is 3. The van der Waals surface area contributed by atoms with Crippen molar-refractivity contribution in [1.29, 1.82) is 0 Å². The van der Waals surface area contributed by atoms with Crippen LogP contribution in [0.15, 0.2) is 36.4 Å². The summed E-state index contributed by atoms with van der Waals surface area (Å²) in [5.41, 5.74) is 2.26. The predicted octanol–water partition coefficient (Wildman–Crippen LogP) is 5.65. The van der Waals surface area contributed by atoms with Crippen LogP contribution < -0.4 is 10.1 Å². The van der Waals surface area contributed by atoms with Gasteiger partial charge < -0.3 is 19.5 Å². The number of ketones is 1. The van der Waals surface area contributed by atoms with Crippen molar-refractivity contribution in [2.45, 2.75) is 66.1 Å². The van der Waals surface area contributed by atoms with Crippen molar-refractivity contribution in [3.8, 4) is 17.0 Å². The van der Waals surface area contributed by atoms with Gasteiger partial charge in [-0.05, 0) is 78.1 Å². The average Bonchev–Trinajstić information content (AvgIpc) is 3.43. The number of hydrogen-bond donors (Lipinski definition) is 1. The lowest BCUT2D eigenvalue weighted by Crippen LogP contribution is -2.30. The van der Waals surface area contributed by atoms with E-state index in [1.165, 1.54) is 34.8 Å². The zero-order valence-corrected chi connectivity index (χ0v) is 26.6. The fourth-order valence-corrected chi connectivity index (χ4v) is 5.53. The van der Waals surface area contributed by atoms with Crippen molar-refractivity contribution in [3.05, 3.63) is 81.7 Å². The van der Waals surface area contributed by atoms with Gasteiger partial charge in [0.25, 0.3) is 5.91 Å². The monoisotopic (exact) mass is 634 g/mol. The van der Waals surface area contributed by atoms with Gasteiger partial charge in [0.1, 0.15) is 5.82 Å². The van der Waals surface area contributed by atoms with Crippen LogP contribution >= 0.6 is 0 Å². The molecule has 0 saturated heterocycles. The van der Waals surface area contributed by atoms with Crippen LogP contribution in [0.4, 0.5) is 8.78 Å². The molecule has 2 aromatic carbocycles. The minimum atomic E-state index is -1.27. The minimum Gasteiger partial charge on any atom is -0.490 e. The Morgan fingerprint density at radius 2 is 1.89 bits per heavy atom. The zero-order chi connectivity index (χ0) is 33.3. The Bertz CT molecular complexity index is 1850. The van der Waals surface area contributed by atoms with E-state index in [2.05, 4.69) is 15.4 Å². The molecule has 1 atom stereocenters. The average molecular weight is 635 g/mol. The molecule has 0 radical (unpaired) electrons. The number of amides is 1. The summed E-state index contributed by atoms with van der Waals surface area (Å²) >= 11 is 0. The van der Waals surface area contributed by atoms with Crippen LogP contribution in [-0.2, 0) is 20.7 Å². The molecule has 10 nitrogen and oxygen atoms in total. The second-order valence-electron chi connectivity index (χ2n) is 12.0. The number of esters is 1. The normalized spacial score (nSPS) is 13.6. The second kappa shape index (κ2) is 13.0.